The van der Waals surface area contributed by atoms with E-state index in [0.717, 1.165) is 43.6 Å². The first-order chi connectivity index (χ1) is 12.1. The zero-order valence-electron chi connectivity index (χ0n) is 14.6. The van der Waals surface area contributed by atoms with Crippen LogP contribution >= 0.6 is 11.8 Å². The summed E-state index contributed by atoms with van der Waals surface area (Å²) >= 11 is 1.34. The van der Waals surface area contributed by atoms with Gasteiger partial charge in [0.25, 0.3) is 11.5 Å². The van der Waals surface area contributed by atoms with E-state index in [1.807, 2.05) is 25.3 Å². The van der Waals surface area contributed by atoms with Crippen LogP contribution in [0.4, 0.5) is 0 Å². The Morgan fingerprint density at radius 2 is 2.24 bits per heavy atom. The molecule has 1 aliphatic rings. The van der Waals surface area contributed by atoms with Crippen molar-refractivity contribution in [1.29, 1.82) is 0 Å². The van der Waals surface area contributed by atoms with Crippen LogP contribution in [0.15, 0.2) is 32.7 Å². The van der Waals surface area contributed by atoms with Crippen molar-refractivity contribution in [2.75, 3.05) is 12.8 Å². The average molecular weight is 361 g/mol. The second-order valence-corrected chi connectivity index (χ2v) is 6.95. The number of hydrogen-bond acceptors (Lipinski definition) is 5. The Hall–Kier alpha value is -2.02. The first kappa shape index (κ1) is 17.8. The smallest absolute Gasteiger partial charge is 0.264 e. The monoisotopic (exact) mass is 361 g/mol. The normalized spacial score (nSPS) is 18.2. The van der Waals surface area contributed by atoms with Crippen LogP contribution in [0.25, 0.3) is 0 Å². The summed E-state index contributed by atoms with van der Waals surface area (Å²) in [5, 5.41) is 0.507. The largest absolute Gasteiger partial charge is 0.464 e. The summed E-state index contributed by atoms with van der Waals surface area (Å²) in [6.45, 7) is 2.66. The molecule has 25 heavy (non-hydrogen) atoms. The molecular weight excluding hydrogens is 338 g/mol. The standard InChI is InChI=1S/C18H23N3O3S/c1-3-12-8-9-15(24-12)14-7-5-4-6-10-21(14)17(23)13-11-19-18(25-2)20-16(13)22/h8-9,11,14H,3-7,10H2,1-2H3,(H,19,20,22). The number of aromatic amines is 1. The minimum Gasteiger partial charge on any atom is -0.464 e. The van der Waals surface area contributed by atoms with E-state index in [0.29, 0.717) is 11.7 Å². The molecule has 0 aromatic carbocycles. The summed E-state index contributed by atoms with van der Waals surface area (Å²) < 4.78 is 5.91. The lowest BCUT2D eigenvalue weighted by atomic mass is 10.1. The molecule has 134 valence electrons. The molecule has 0 bridgehead atoms. The molecule has 7 heteroatoms. The third kappa shape index (κ3) is 3.81. The van der Waals surface area contributed by atoms with Crippen molar-refractivity contribution in [2.24, 2.45) is 0 Å². The first-order valence-corrected chi connectivity index (χ1v) is 9.89. The zero-order valence-corrected chi connectivity index (χ0v) is 15.4. The molecule has 6 nitrogen and oxygen atoms in total. The summed E-state index contributed by atoms with van der Waals surface area (Å²) in [4.78, 5) is 33.9. The third-order valence-electron chi connectivity index (χ3n) is 4.57. The maximum Gasteiger partial charge on any atom is 0.264 e. The number of aryl methyl sites for hydroxylation is 1. The summed E-state index contributed by atoms with van der Waals surface area (Å²) in [7, 11) is 0. The van der Waals surface area contributed by atoms with Gasteiger partial charge in [-0.05, 0) is 31.2 Å². The van der Waals surface area contributed by atoms with E-state index < -0.39 is 0 Å². The number of furan rings is 1. The number of hydrogen-bond donors (Lipinski definition) is 1. The number of rotatable bonds is 4. The molecule has 0 aliphatic carbocycles. The van der Waals surface area contributed by atoms with Gasteiger partial charge in [-0.15, -0.1) is 0 Å². The van der Waals surface area contributed by atoms with Crippen molar-refractivity contribution in [2.45, 2.75) is 50.2 Å². The second-order valence-electron chi connectivity index (χ2n) is 6.16. The quantitative estimate of drug-likeness (QED) is 0.667. The first-order valence-electron chi connectivity index (χ1n) is 8.67. The Morgan fingerprint density at radius 1 is 1.40 bits per heavy atom. The number of H-pyrrole nitrogens is 1. The number of likely N-dealkylation sites (tertiary alicyclic amines) is 1. The Balaban J connectivity index is 1.93. The van der Waals surface area contributed by atoms with Crippen LogP contribution in [-0.2, 0) is 6.42 Å². The van der Waals surface area contributed by atoms with Crippen molar-refractivity contribution in [3.8, 4) is 0 Å². The molecule has 1 aliphatic heterocycles. The molecule has 0 spiro atoms. The number of nitrogens with one attached hydrogen (secondary N) is 1. The van der Waals surface area contributed by atoms with E-state index in [2.05, 4.69) is 9.97 Å². The molecule has 2 aromatic rings. The van der Waals surface area contributed by atoms with Crippen LogP contribution in [0, 0.1) is 0 Å². The van der Waals surface area contributed by atoms with Gasteiger partial charge < -0.3 is 14.3 Å². The third-order valence-corrected chi connectivity index (χ3v) is 5.17. The van der Waals surface area contributed by atoms with E-state index in [9.17, 15) is 9.59 Å². The van der Waals surface area contributed by atoms with E-state index in [1.165, 1.54) is 18.0 Å². The molecular formula is C18H23N3O3S. The molecule has 1 amide bonds. The molecule has 0 saturated carbocycles. The van der Waals surface area contributed by atoms with Crippen LogP contribution in [0.5, 0.6) is 0 Å². The number of carbonyl (C=O) groups is 1. The second kappa shape index (κ2) is 7.91. The number of thioether (sulfide) groups is 1. The summed E-state index contributed by atoms with van der Waals surface area (Å²) in [6.07, 6.45) is 7.91. The van der Waals surface area contributed by atoms with Gasteiger partial charge in [-0.3, -0.25) is 9.59 Å². The fraction of sp³-hybridized carbons (Fsp3) is 0.500. The van der Waals surface area contributed by atoms with E-state index in [1.54, 1.807) is 4.90 Å². The molecule has 1 atom stereocenters. The SMILES string of the molecule is CCc1ccc(C2CCCCCN2C(=O)c2cnc(SC)[nH]c2=O)o1. The molecule has 1 saturated heterocycles. The van der Waals surface area contributed by atoms with Crippen LogP contribution in [-0.4, -0.2) is 33.6 Å². The van der Waals surface area contributed by atoms with Gasteiger partial charge in [-0.1, -0.05) is 31.5 Å². The Kier molecular flexibility index (Phi) is 5.63. The van der Waals surface area contributed by atoms with Crippen LogP contribution < -0.4 is 5.56 Å². The highest BCUT2D eigenvalue weighted by atomic mass is 32.2. The number of nitrogens with zero attached hydrogens (tertiary/aromatic N) is 2. The molecule has 1 N–H and O–H groups in total. The summed E-state index contributed by atoms with van der Waals surface area (Å²) in [5.74, 6) is 1.44. The van der Waals surface area contributed by atoms with Crippen molar-refractivity contribution >= 4 is 17.7 Å². The molecule has 2 aromatic heterocycles. The lowest BCUT2D eigenvalue weighted by Crippen LogP contribution is -2.37. The highest BCUT2D eigenvalue weighted by Gasteiger charge is 2.31. The van der Waals surface area contributed by atoms with Crippen molar-refractivity contribution < 1.29 is 9.21 Å². The van der Waals surface area contributed by atoms with Crippen molar-refractivity contribution in [3.05, 3.63) is 45.8 Å². The van der Waals surface area contributed by atoms with Gasteiger partial charge >= 0.3 is 0 Å². The molecule has 1 fully saturated rings. The minimum absolute atomic E-state index is 0.0898. The minimum atomic E-state index is -0.388. The fourth-order valence-electron chi connectivity index (χ4n) is 3.20. The predicted octanol–water partition coefficient (Wildman–Crippen LogP) is 3.40. The van der Waals surface area contributed by atoms with Crippen LogP contribution in [0.1, 0.15) is 60.5 Å². The van der Waals surface area contributed by atoms with Gasteiger partial charge in [-0.2, -0.15) is 0 Å². The predicted molar refractivity (Wildman–Crippen MR) is 97.0 cm³/mol. The topological polar surface area (TPSA) is 79.2 Å². The molecule has 3 rings (SSSR count). The van der Waals surface area contributed by atoms with E-state index >= 15 is 0 Å². The van der Waals surface area contributed by atoms with E-state index in [4.69, 9.17) is 4.42 Å². The number of aromatic nitrogens is 2. The highest BCUT2D eigenvalue weighted by Crippen LogP contribution is 2.32. The van der Waals surface area contributed by atoms with Crippen LogP contribution in [0.2, 0.25) is 0 Å². The number of carbonyl (C=O) groups excluding carboxylic acids is 1. The van der Waals surface area contributed by atoms with Gasteiger partial charge in [0.15, 0.2) is 5.16 Å². The Labute approximate surface area is 151 Å². The fourth-order valence-corrected chi connectivity index (χ4v) is 3.55. The van der Waals surface area contributed by atoms with Crippen LogP contribution in [0.3, 0.4) is 0 Å². The molecule has 1 unspecified atom stereocenters. The Morgan fingerprint density at radius 3 is 2.92 bits per heavy atom. The van der Waals surface area contributed by atoms with Gasteiger partial charge in [-0.25, -0.2) is 4.98 Å². The van der Waals surface area contributed by atoms with Crippen molar-refractivity contribution in [3.63, 3.8) is 0 Å². The zero-order chi connectivity index (χ0) is 17.8. The summed E-state index contributed by atoms with van der Waals surface area (Å²) in [5.41, 5.74) is -0.298. The Bertz CT molecular complexity index is 799. The molecule has 3 heterocycles. The lowest BCUT2D eigenvalue weighted by molar-refractivity contribution is 0.0654. The lowest BCUT2D eigenvalue weighted by Gasteiger charge is -2.28. The molecule has 0 radical (unpaired) electrons. The van der Waals surface area contributed by atoms with Gasteiger partial charge in [0.05, 0.1) is 6.04 Å². The average Bonchev–Trinajstić information content (AvgIpc) is 2.97. The van der Waals surface area contributed by atoms with Crippen molar-refractivity contribution in [1.82, 2.24) is 14.9 Å². The van der Waals surface area contributed by atoms with E-state index in [-0.39, 0.29) is 23.1 Å². The van der Waals surface area contributed by atoms with Gasteiger partial charge in [0.2, 0.25) is 0 Å². The highest BCUT2D eigenvalue weighted by molar-refractivity contribution is 7.98. The summed E-state index contributed by atoms with van der Waals surface area (Å²) in [6, 6.07) is 3.79. The maximum absolute atomic E-state index is 13.1. The van der Waals surface area contributed by atoms with Gasteiger partial charge in [0, 0.05) is 19.2 Å². The maximum atomic E-state index is 13.1. The number of amides is 1. The van der Waals surface area contributed by atoms with Gasteiger partial charge in [0.1, 0.15) is 17.1 Å².